The number of nitrogens with zero attached hydrogens (tertiary/aromatic N) is 5. The fourth-order valence-electron chi connectivity index (χ4n) is 3.90. The maximum absolute atomic E-state index is 14.0. The standard InChI is InChI=1S/C18H24FN5O2S/c1-22-9-8-17-20-21-18(24(17)13-12-22)14-6-10-23(11-7-14)27(25,26)16-5-3-2-4-15(16)19/h2-5,14H,6-13H2,1H3. The molecule has 7 nitrogen and oxygen atoms in total. The minimum absolute atomic E-state index is 0.182. The summed E-state index contributed by atoms with van der Waals surface area (Å²) in [6.45, 7) is 3.52. The number of aromatic nitrogens is 3. The molecular formula is C18H24FN5O2S. The van der Waals surface area contributed by atoms with E-state index in [1.807, 2.05) is 0 Å². The van der Waals surface area contributed by atoms with Crippen LogP contribution in [0, 0.1) is 5.82 Å². The van der Waals surface area contributed by atoms with Crippen molar-refractivity contribution < 1.29 is 12.8 Å². The Morgan fingerprint density at radius 2 is 1.78 bits per heavy atom. The molecule has 2 aliphatic rings. The van der Waals surface area contributed by atoms with Crippen molar-refractivity contribution >= 4 is 10.0 Å². The number of rotatable bonds is 3. The molecule has 146 valence electrons. The molecule has 0 saturated carbocycles. The van der Waals surface area contributed by atoms with E-state index in [9.17, 15) is 12.8 Å². The van der Waals surface area contributed by atoms with Crippen LogP contribution in [0.2, 0.25) is 0 Å². The van der Waals surface area contributed by atoms with Crippen LogP contribution in [0.4, 0.5) is 4.39 Å². The van der Waals surface area contributed by atoms with Crippen LogP contribution < -0.4 is 0 Å². The van der Waals surface area contributed by atoms with E-state index < -0.39 is 15.8 Å². The van der Waals surface area contributed by atoms with Crippen LogP contribution in [0.3, 0.4) is 0 Å². The van der Waals surface area contributed by atoms with Gasteiger partial charge >= 0.3 is 0 Å². The van der Waals surface area contributed by atoms with Crippen molar-refractivity contribution in [2.24, 2.45) is 0 Å². The molecule has 9 heteroatoms. The zero-order valence-electron chi connectivity index (χ0n) is 15.4. The van der Waals surface area contributed by atoms with Crippen molar-refractivity contribution in [2.45, 2.75) is 36.6 Å². The van der Waals surface area contributed by atoms with Gasteiger partial charge in [0.2, 0.25) is 10.0 Å². The van der Waals surface area contributed by atoms with Gasteiger partial charge in [0.25, 0.3) is 0 Å². The number of piperidine rings is 1. The van der Waals surface area contributed by atoms with Gasteiger partial charge in [-0.25, -0.2) is 12.8 Å². The van der Waals surface area contributed by atoms with E-state index in [-0.39, 0.29) is 10.8 Å². The van der Waals surface area contributed by atoms with Crippen molar-refractivity contribution in [3.8, 4) is 0 Å². The summed E-state index contributed by atoms with van der Waals surface area (Å²) in [5, 5.41) is 8.77. The van der Waals surface area contributed by atoms with Gasteiger partial charge in [-0.3, -0.25) is 0 Å². The lowest BCUT2D eigenvalue weighted by Gasteiger charge is -2.31. The second-order valence-corrected chi connectivity index (χ2v) is 9.19. The Labute approximate surface area is 158 Å². The first-order valence-electron chi connectivity index (χ1n) is 9.32. The summed E-state index contributed by atoms with van der Waals surface area (Å²) >= 11 is 0. The van der Waals surface area contributed by atoms with E-state index in [1.54, 1.807) is 6.07 Å². The Morgan fingerprint density at radius 3 is 2.52 bits per heavy atom. The highest BCUT2D eigenvalue weighted by molar-refractivity contribution is 7.89. The highest BCUT2D eigenvalue weighted by Crippen LogP contribution is 2.31. The summed E-state index contributed by atoms with van der Waals surface area (Å²) in [5.41, 5.74) is 0. The van der Waals surface area contributed by atoms with Crippen molar-refractivity contribution in [3.05, 3.63) is 41.7 Å². The Bertz CT molecular complexity index is 922. The van der Waals surface area contributed by atoms with E-state index in [1.165, 1.54) is 22.5 Å². The number of hydrogen-bond donors (Lipinski definition) is 0. The van der Waals surface area contributed by atoms with E-state index in [2.05, 4.69) is 26.7 Å². The Morgan fingerprint density at radius 1 is 1.04 bits per heavy atom. The molecule has 0 atom stereocenters. The largest absolute Gasteiger partial charge is 0.313 e. The third kappa shape index (κ3) is 3.51. The van der Waals surface area contributed by atoms with Gasteiger partial charge in [-0.15, -0.1) is 10.2 Å². The zero-order valence-corrected chi connectivity index (χ0v) is 16.2. The number of benzene rings is 1. The molecule has 1 aromatic carbocycles. The van der Waals surface area contributed by atoms with Gasteiger partial charge in [0, 0.05) is 45.1 Å². The zero-order chi connectivity index (χ0) is 19.0. The maximum atomic E-state index is 14.0. The molecule has 1 fully saturated rings. The molecule has 0 radical (unpaired) electrons. The van der Waals surface area contributed by atoms with Crippen molar-refractivity contribution in [3.63, 3.8) is 0 Å². The first kappa shape index (κ1) is 18.5. The van der Waals surface area contributed by atoms with Crippen LogP contribution in [-0.4, -0.2) is 65.6 Å². The molecule has 0 spiro atoms. The van der Waals surface area contributed by atoms with E-state index in [0.717, 1.165) is 37.7 Å². The van der Waals surface area contributed by atoms with Gasteiger partial charge in [-0.2, -0.15) is 4.31 Å². The maximum Gasteiger partial charge on any atom is 0.245 e. The summed E-state index contributed by atoms with van der Waals surface area (Å²) in [6.07, 6.45) is 2.22. The summed E-state index contributed by atoms with van der Waals surface area (Å²) in [7, 11) is -1.70. The number of hydrogen-bond acceptors (Lipinski definition) is 5. The van der Waals surface area contributed by atoms with Gasteiger partial charge in [0.15, 0.2) is 0 Å². The molecule has 2 aliphatic heterocycles. The lowest BCUT2D eigenvalue weighted by molar-refractivity contribution is 0.303. The molecule has 0 bridgehead atoms. The number of fused-ring (bicyclic) bond motifs is 1. The smallest absolute Gasteiger partial charge is 0.245 e. The number of likely N-dealkylation sites (N-methyl/N-ethyl adjacent to an activating group) is 1. The minimum atomic E-state index is -3.81. The monoisotopic (exact) mass is 393 g/mol. The van der Waals surface area contributed by atoms with Crippen molar-refractivity contribution in [1.82, 2.24) is 24.0 Å². The summed E-state index contributed by atoms with van der Waals surface area (Å²) in [5.74, 6) is 1.45. The average Bonchev–Trinajstić information content (AvgIpc) is 2.98. The predicted octanol–water partition coefficient (Wildman–Crippen LogP) is 1.47. The lowest BCUT2D eigenvalue weighted by Crippen LogP contribution is -2.38. The predicted molar refractivity (Wildman–Crippen MR) is 98.4 cm³/mol. The van der Waals surface area contributed by atoms with E-state index >= 15 is 0 Å². The minimum Gasteiger partial charge on any atom is -0.313 e. The third-order valence-electron chi connectivity index (χ3n) is 5.55. The highest BCUT2D eigenvalue weighted by Gasteiger charge is 2.33. The highest BCUT2D eigenvalue weighted by atomic mass is 32.2. The lowest BCUT2D eigenvalue weighted by atomic mass is 9.97. The molecule has 3 heterocycles. The van der Waals surface area contributed by atoms with Gasteiger partial charge in [-0.1, -0.05) is 12.1 Å². The Hall–Kier alpha value is -1.84. The molecule has 0 N–H and O–H groups in total. The average molecular weight is 393 g/mol. The quantitative estimate of drug-likeness (QED) is 0.790. The second-order valence-electron chi connectivity index (χ2n) is 7.29. The molecule has 1 saturated heterocycles. The molecule has 2 aromatic rings. The molecule has 27 heavy (non-hydrogen) atoms. The topological polar surface area (TPSA) is 71.3 Å². The van der Waals surface area contributed by atoms with E-state index in [0.29, 0.717) is 25.9 Å². The number of halogens is 1. The van der Waals surface area contributed by atoms with Crippen LogP contribution in [0.5, 0.6) is 0 Å². The number of sulfonamides is 1. The molecule has 0 amide bonds. The molecule has 0 unspecified atom stereocenters. The van der Waals surface area contributed by atoms with Crippen LogP contribution in [0.15, 0.2) is 29.2 Å². The molecule has 0 aliphatic carbocycles. The summed E-state index contributed by atoms with van der Waals surface area (Å²) < 4.78 is 43.1. The summed E-state index contributed by atoms with van der Waals surface area (Å²) in [6, 6.07) is 5.55. The van der Waals surface area contributed by atoms with Gasteiger partial charge in [0.05, 0.1) is 0 Å². The van der Waals surface area contributed by atoms with Gasteiger partial charge in [-0.05, 0) is 32.0 Å². The first-order chi connectivity index (χ1) is 13.0. The first-order valence-corrected chi connectivity index (χ1v) is 10.8. The second kappa shape index (κ2) is 7.29. The van der Waals surface area contributed by atoms with Crippen LogP contribution in [0.1, 0.15) is 30.4 Å². The SMILES string of the molecule is CN1CCc2nnc(C3CCN(S(=O)(=O)c4ccccc4F)CC3)n2CC1. The van der Waals surface area contributed by atoms with Crippen molar-refractivity contribution in [2.75, 3.05) is 33.2 Å². The van der Waals surface area contributed by atoms with Gasteiger partial charge in [0.1, 0.15) is 22.4 Å². The Balaban J connectivity index is 1.49. The van der Waals surface area contributed by atoms with Crippen LogP contribution in [-0.2, 0) is 23.0 Å². The van der Waals surface area contributed by atoms with Crippen LogP contribution in [0.25, 0.3) is 0 Å². The normalized spacial score (nSPS) is 20.4. The van der Waals surface area contributed by atoms with Gasteiger partial charge < -0.3 is 9.47 Å². The fourth-order valence-corrected chi connectivity index (χ4v) is 5.44. The summed E-state index contributed by atoms with van der Waals surface area (Å²) in [4.78, 5) is 2.03. The fraction of sp³-hybridized carbons (Fsp3) is 0.556. The molecule has 1 aromatic heterocycles. The van der Waals surface area contributed by atoms with Crippen LogP contribution >= 0.6 is 0 Å². The molecule has 4 rings (SSSR count). The molecular weight excluding hydrogens is 369 g/mol. The Kier molecular flexibility index (Phi) is 5.00. The van der Waals surface area contributed by atoms with E-state index in [4.69, 9.17) is 0 Å². The van der Waals surface area contributed by atoms with Crippen molar-refractivity contribution in [1.29, 1.82) is 0 Å². The third-order valence-corrected chi connectivity index (χ3v) is 7.48.